The van der Waals surface area contributed by atoms with E-state index in [4.69, 9.17) is 19.3 Å². The third kappa shape index (κ3) is 11.4. The van der Waals surface area contributed by atoms with Crippen LogP contribution in [0.3, 0.4) is 0 Å². The van der Waals surface area contributed by atoms with E-state index in [-0.39, 0.29) is 17.3 Å². The minimum Gasteiger partial charge on any atom is -0.444 e. The Morgan fingerprint density at radius 2 is 1.45 bits per heavy atom. The number of nitrogens with two attached hydrogens (primary N) is 1. The first kappa shape index (κ1) is 24.8. The number of amides is 2. The summed E-state index contributed by atoms with van der Waals surface area (Å²) in [5.41, 5.74) is -0.221. The molecule has 11 heteroatoms. The van der Waals surface area contributed by atoms with Gasteiger partial charge in [-0.3, -0.25) is 4.79 Å². The molecule has 0 saturated carbocycles. The number of rotatable bonds is 11. The molecule has 0 aromatic heterocycles. The van der Waals surface area contributed by atoms with Crippen LogP contribution in [0.15, 0.2) is 29.2 Å². The van der Waals surface area contributed by atoms with Gasteiger partial charge in [0.05, 0.1) is 31.3 Å². The normalized spacial score (nSPS) is 11.7. The van der Waals surface area contributed by atoms with Crippen LogP contribution >= 0.6 is 0 Å². The maximum absolute atomic E-state index is 11.9. The average molecular weight is 432 g/mol. The maximum Gasteiger partial charge on any atom is 0.407 e. The highest BCUT2D eigenvalue weighted by Crippen LogP contribution is 2.08. The monoisotopic (exact) mass is 431 g/mol. The number of carbonyl (C=O) groups is 2. The highest BCUT2D eigenvalue weighted by Gasteiger charge is 2.15. The zero-order valence-electron chi connectivity index (χ0n) is 16.9. The molecular formula is C18H29N3O7S. The largest absolute Gasteiger partial charge is 0.444 e. The average Bonchev–Trinajstić information content (AvgIpc) is 2.61. The van der Waals surface area contributed by atoms with Crippen molar-refractivity contribution in [1.82, 2.24) is 10.6 Å². The molecule has 0 saturated heterocycles. The Hall–Kier alpha value is -2.21. The fourth-order valence-electron chi connectivity index (χ4n) is 2.00. The van der Waals surface area contributed by atoms with E-state index in [2.05, 4.69) is 10.6 Å². The molecule has 0 unspecified atom stereocenters. The number of hydrogen-bond acceptors (Lipinski definition) is 7. The Bertz CT molecular complexity index is 759. The Labute approximate surface area is 171 Å². The first-order valence-electron chi connectivity index (χ1n) is 9.02. The Balaban J connectivity index is 2.06. The number of alkyl carbamates (subject to hydrolysis) is 1. The SMILES string of the molecule is CC(C)(C)OC(=O)NCCOCCOCCNC(=O)c1ccc(S(N)(=O)=O)cc1. The number of nitrogens with one attached hydrogen (secondary N) is 2. The fourth-order valence-corrected chi connectivity index (χ4v) is 2.51. The summed E-state index contributed by atoms with van der Waals surface area (Å²) in [7, 11) is -3.78. The van der Waals surface area contributed by atoms with E-state index in [9.17, 15) is 18.0 Å². The predicted octanol–water partition coefficient (Wildman–Crippen LogP) is 0.622. The van der Waals surface area contributed by atoms with E-state index in [1.54, 1.807) is 20.8 Å². The molecule has 4 N–H and O–H groups in total. The molecule has 29 heavy (non-hydrogen) atoms. The molecule has 164 valence electrons. The fraction of sp³-hybridized carbons (Fsp3) is 0.556. The maximum atomic E-state index is 11.9. The second-order valence-corrected chi connectivity index (χ2v) is 8.54. The molecule has 10 nitrogen and oxygen atoms in total. The van der Waals surface area contributed by atoms with Crippen molar-refractivity contribution in [3.63, 3.8) is 0 Å². The van der Waals surface area contributed by atoms with Gasteiger partial charge in [0, 0.05) is 18.7 Å². The van der Waals surface area contributed by atoms with Gasteiger partial charge in [0.1, 0.15) is 5.60 Å². The topological polar surface area (TPSA) is 146 Å². The summed E-state index contributed by atoms with van der Waals surface area (Å²) < 4.78 is 38.1. The third-order valence-electron chi connectivity index (χ3n) is 3.26. The lowest BCUT2D eigenvalue weighted by molar-refractivity contribution is 0.0400. The van der Waals surface area contributed by atoms with Gasteiger partial charge in [-0.25, -0.2) is 18.4 Å². The lowest BCUT2D eigenvalue weighted by atomic mass is 10.2. The number of primary sulfonamides is 1. The molecular weight excluding hydrogens is 402 g/mol. The van der Waals surface area contributed by atoms with Gasteiger partial charge in [-0.1, -0.05) is 0 Å². The predicted molar refractivity (Wildman–Crippen MR) is 106 cm³/mol. The third-order valence-corrected chi connectivity index (χ3v) is 4.19. The molecule has 1 rings (SSSR count). The molecule has 0 fully saturated rings. The number of sulfonamides is 1. The second kappa shape index (κ2) is 11.7. The molecule has 0 spiro atoms. The Morgan fingerprint density at radius 1 is 0.931 bits per heavy atom. The van der Waals surface area contributed by atoms with Gasteiger partial charge < -0.3 is 24.8 Å². The molecule has 0 bridgehead atoms. The van der Waals surface area contributed by atoms with E-state index < -0.39 is 21.7 Å². The summed E-state index contributed by atoms with van der Waals surface area (Å²) in [4.78, 5) is 23.3. The first-order valence-corrected chi connectivity index (χ1v) is 10.6. The highest BCUT2D eigenvalue weighted by atomic mass is 32.2. The molecule has 0 atom stereocenters. The van der Waals surface area contributed by atoms with Crippen LogP contribution in [0.2, 0.25) is 0 Å². The van der Waals surface area contributed by atoms with Gasteiger partial charge >= 0.3 is 6.09 Å². The van der Waals surface area contributed by atoms with Crippen LogP contribution in [0.25, 0.3) is 0 Å². The van der Waals surface area contributed by atoms with Crippen LogP contribution in [-0.2, 0) is 24.2 Å². The molecule has 1 aromatic carbocycles. The summed E-state index contributed by atoms with van der Waals surface area (Å²) in [6, 6.07) is 5.32. The van der Waals surface area contributed by atoms with Gasteiger partial charge in [0.2, 0.25) is 10.0 Å². The van der Waals surface area contributed by atoms with Crippen molar-refractivity contribution in [2.45, 2.75) is 31.3 Å². The van der Waals surface area contributed by atoms with Crippen LogP contribution < -0.4 is 15.8 Å². The smallest absolute Gasteiger partial charge is 0.407 e. The molecule has 0 radical (unpaired) electrons. The van der Waals surface area contributed by atoms with Gasteiger partial charge in [-0.2, -0.15) is 0 Å². The molecule has 2 amide bonds. The van der Waals surface area contributed by atoms with E-state index in [0.717, 1.165) is 0 Å². The second-order valence-electron chi connectivity index (χ2n) is 6.98. The minimum atomic E-state index is -3.78. The van der Waals surface area contributed by atoms with Gasteiger partial charge in [-0.05, 0) is 45.0 Å². The minimum absolute atomic E-state index is 0.0568. The van der Waals surface area contributed by atoms with Crippen molar-refractivity contribution in [3.05, 3.63) is 29.8 Å². The van der Waals surface area contributed by atoms with E-state index in [1.807, 2.05) is 0 Å². The number of ether oxygens (including phenoxy) is 3. The van der Waals surface area contributed by atoms with Gasteiger partial charge in [-0.15, -0.1) is 0 Å². The van der Waals surface area contributed by atoms with Crippen LogP contribution in [0.1, 0.15) is 31.1 Å². The summed E-state index contributed by atoms with van der Waals surface area (Å²) >= 11 is 0. The number of carbonyl (C=O) groups excluding carboxylic acids is 2. The van der Waals surface area contributed by atoms with Crippen molar-refractivity contribution in [2.75, 3.05) is 39.5 Å². The summed E-state index contributed by atoms with van der Waals surface area (Å²) in [5, 5.41) is 10.2. The lowest BCUT2D eigenvalue weighted by Gasteiger charge is -2.19. The van der Waals surface area contributed by atoms with Crippen LogP contribution in [0.5, 0.6) is 0 Å². The molecule has 0 aliphatic heterocycles. The zero-order chi connectivity index (χ0) is 21.9. The van der Waals surface area contributed by atoms with Crippen LogP contribution in [-0.4, -0.2) is 65.5 Å². The van der Waals surface area contributed by atoms with Crippen molar-refractivity contribution in [2.24, 2.45) is 5.14 Å². The standard InChI is InChI=1S/C18H29N3O7S/c1-18(2,3)28-17(23)21-9-11-27-13-12-26-10-8-20-16(22)14-4-6-15(7-5-14)29(19,24)25/h4-7H,8-13H2,1-3H3,(H,20,22)(H,21,23)(H2,19,24,25). The highest BCUT2D eigenvalue weighted by molar-refractivity contribution is 7.89. The Morgan fingerprint density at radius 3 is 1.93 bits per heavy atom. The quantitative estimate of drug-likeness (QED) is 0.435. The Kier molecular flexibility index (Phi) is 10.0. The van der Waals surface area contributed by atoms with Crippen molar-refractivity contribution < 1.29 is 32.2 Å². The number of benzene rings is 1. The van der Waals surface area contributed by atoms with E-state index in [1.165, 1.54) is 24.3 Å². The summed E-state index contributed by atoms with van der Waals surface area (Å²) in [6.07, 6.45) is -0.493. The van der Waals surface area contributed by atoms with Crippen molar-refractivity contribution in [3.8, 4) is 0 Å². The van der Waals surface area contributed by atoms with Gasteiger partial charge in [0.25, 0.3) is 5.91 Å². The summed E-state index contributed by atoms with van der Waals surface area (Å²) in [5.74, 6) is -0.348. The molecule has 0 aliphatic carbocycles. The first-order chi connectivity index (χ1) is 13.5. The van der Waals surface area contributed by atoms with Gasteiger partial charge in [0.15, 0.2) is 0 Å². The molecule has 1 aromatic rings. The number of hydrogen-bond donors (Lipinski definition) is 3. The zero-order valence-corrected chi connectivity index (χ0v) is 17.7. The molecule has 0 aliphatic rings. The molecule has 0 heterocycles. The van der Waals surface area contributed by atoms with E-state index >= 15 is 0 Å². The van der Waals surface area contributed by atoms with Crippen molar-refractivity contribution in [1.29, 1.82) is 0 Å². The van der Waals surface area contributed by atoms with Crippen molar-refractivity contribution >= 4 is 22.0 Å². The van der Waals surface area contributed by atoms with Crippen LogP contribution in [0, 0.1) is 0 Å². The van der Waals surface area contributed by atoms with E-state index in [0.29, 0.717) is 38.5 Å². The van der Waals surface area contributed by atoms with Crippen LogP contribution in [0.4, 0.5) is 4.79 Å². The summed E-state index contributed by atoms with van der Waals surface area (Å²) in [6.45, 7) is 7.27. The lowest BCUT2D eigenvalue weighted by Crippen LogP contribution is -2.34.